The average Bonchev–Trinajstić information content (AvgIpc) is 3.11. The molecule has 0 atom stereocenters. The zero-order valence-electron chi connectivity index (χ0n) is 27.2. The molecule has 0 aliphatic heterocycles. The van der Waals surface area contributed by atoms with Gasteiger partial charge in [-0.3, -0.25) is 4.55 Å². The van der Waals surface area contributed by atoms with Crippen molar-refractivity contribution < 1.29 is 60.3 Å². The van der Waals surface area contributed by atoms with Gasteiger partial charge >= 0.3 is 0 Å². The van der Waals surface area contributed by atoms with Gasteiger partial charge in [0, 0.05) is 55.3 Å². The molecule has 0 unspecified atom stereocenters. The van der Waals surface area contributed by atoms with E-state index in [9.17, 15) is 13.0 Å². The van der Waals surface area contributed by atoms with E-state index in [2.05, 4.69) is 51.9 Å². The van der Waals surface area contributed by atoms with Crippen LogP contribution in [0.15, 0.2) is 107 Å². The van der Waals surface area contributed by atoms with Gasteiger partial charge in [0.05, 0.1) is 17.8 Å². The van der Waals surface area contributed by atoms with Crippen molar-refractivity contribution in [3.63, 3.8) is 0 Å². The Balaban J connectivity index is 0.00000523. The molecule has 2 aromatic heterocycles. The quantitative estimate of drug-likeness (QED) is 0.0239. The van der Waals surface area contributed by atoms with Crippen LogP contribution in [0.1, 0.15) is 17.0 Å². The molecule has 255 valence electrons. The number of anilines is 4. The molecular formula is C33H25B2N8O6S2Y-. The third-order valence-corrected chi connectivity index (χ3v) is 8.48. The van der Waals surface area contributed by atoms with E-state index < -0.39 is 10.1 Å². The molecule has 0 saturated heterocycles. The van der Waals surface area contributed by atoms with Crippen molar-refractivity contribution in [3.8, 4) is 0 Å². The summed E-state index contributed by atoms with van der Waals surface area (Å²) in [5, 5.41) is 18.7. The topological polar surface area (TPSA) is 194 Å². The molecule has 0 bridgehead atoms. The van der Waals surface area contributed by atoms with Crippen molar-refractivity contribution in [3.05, 3.63) is 120 Å². The van der Waals surface area contributed by atoms with Gasteiger partial charge in [0.2, 0.25) is 13.2 Å². The van der Waals surface area contributed by atoms with E-state index in [1.165, 1.54) is 18.2 Å². The molecule has 19 heteroatoms. The van der Waals surface area contributed by atoms with Crippen molar-refractivity contribution >= 4 is 94.5 Å². The van der Waals surface area contributed by atoms with Crippen LogP contribution in [-0.4, -0.2) is 62.7 Å². The maximum atomic E-state index is 12.5. The molecule has 4 N–H and O–H groups in total. The van der Waals surface area contributed by atoms with Crippen molar-refractivity contribution in [1.82, 2.24) is 29.9 Å². The van der Waals surface area contributed by atoms with E-state index in [0.29, 0.717) is 57.1 Å². The number of nitrogens with zero attached hydrogens (tertiary/aromatic N) is 6. The fourth-order valence-corrected chi connectivity index (χ4v) is 5.93. The molecule has 6 aromatic rings. The SMILES string of the molecule is Cc1nc([B]c2ccccc2)nc(Nc2ccc(/C=C/c3ccc(Nc4n[c-]nc([B]c5ccccc5)n4)cc3S(=O)(=O)O)c(SOOO)c2)n1.[Y]. The molecule has 14 nitrogen and oxygen atoms in total. The molecule has 4 aromatic carbocycles. The van der Waals surface area contributed by atoms with Gasteiger partial charge in [-0.1, -0.05) is 101 Å². The standard InChI is InChI=1S/C33H25B2N8O6S2.Y/c1-21-38-31(35-25-10-6-3-7-11-25)43-33(39-21)41-26-16-14-22(28(18-26)50-49-48-44)12-13-23-15-17-27(19-29(23)51(45,46)47)40-32-37-20-36-30(42-32)34-24-8-4-2-5-9-24;/h2-19,44H,1H3,(H,45,46,47)(H,36,37,40,42)(H,38,39,41,43);/q-1;/b13-12+;. The Morgan fingerprint density at radius 2 is 1.35 bits per heavy atom. The molecule has 2 heterocycles. The van der Waals surface area contributed by atoms with Gasteiger partial charge in [0.15, 0.2) is 7.28 Å². The first-order chi connectivity index (χ1) is 24.7. The first-order valence-corrected chi connectivity index (χ1v) is 17.2. The summed E-state index contributed by atoms with van der Waals surface area (Å²) in [6, 6.07) is 28.6. The average molecular weight is 804 g/mol. The van der Waals surface area contributed by atoms with Crippen molar-refractivity contribution in [2.45, 2.75) is 16.7 Å². The second-order valence-electron chi connectivity index (χ2n) is 10.6. The monoisotopic (exact) mass is 804 g/mol. The van der Waals surface area contributed by atoms with Crippen molar-refractivity contribution in [2.24, 2.45) is 0 Å². The number of hydrogen-bond acceptors (Lipinski definition) is 14. The first-order valence-electron chi connectivity index (χ1n) is 15.0. The van der Waals surface area contributed by atoms with Gasteiger partial charge in [0.25, 0.3) is 10.1 Å². The zero-order valence-corrected chi connectivity index (χ0v) is 31.6. The molecule has 52 heavy (non-hydrogen) atoms. The summed E-state index contributed by atoms with van der Waals surface area (Å²) in [6.45, 7) is 1.76. The number of benzene rings is 4. The third-order valence-electron chi connectivity index (χ3n) is 6.91. The molecule has 0 spiro atoms. The molecular weight excluding hydrogens is 779 g/mol. The minimum atomic E-state index is -4.67. The van der Waals surface area contributed by atoms with E-state index in [1.54, 1.807) is 44.5 Å². The fraction of sp³-hybridized carbons (Fsp3) is 0.0303. The molecule has 3 radical (unpaired) electrons. The van der Waals surface area contributed by atoms with E-state index in [1.807, 2.05) is 67.9 Å². The number of rotatable bonds is 14. The van der Waals surface area contributed by atoms with E-state index in [0.717, 1.165) is 10.9 Å². The fourth-order valence-electron chi connectivity index (χ4n) is 4.71. The zero-order chi connectivity index (χ0) is 35.6. The third kappa shape index (κ3) is 11.1. The number of nitrogens with one attached hydrogen (secondary N) is 2. The van der Waals surface area contributed by atoms with Gasteiger partial charge in [-0.05, 0) is 48.0 Å². The van der Waals surface area contributed by atoms with Crippen molar-refractivity contribution in [2.75, 3.05) is 10.6 Å². The Kier molecular flexibility index (Phi) is 13.7. The van der Waals surface area contributed by atoms with Crippen LogP contribution in [0, 0.1) is 13.3 Å². The summed E-state index contributed by atoms with van der Waals surface area (Å²) in [4.78, 5) is 25.7. The smallest absolute Gasteiger partial charge is 0.295 e. The van der Waals surface area contributed by atoms with E-state index in [-0.39, 0.29) is 49.1 Å². The van der Waals surface area contributed by atoms with E-state index in [4.69, 9.17) is 9.59 Å². The van der Waals surface area contributed by atoms with Crippen LogP contribution in [0.2, 0.25) is 0 Å². The van der Waals surface area contributed by atoms with Crippen LogP contribution in [0.3, 0.4) is 0 Å². The van der Waals surface area contributed by atoms with Crippen LogP contribution >= 0.6 is 12.0 Å². The summed E-state index contributed by atoms with van der Waals surface area (Å²) < 4.78 is 39.7. The van der Waals surface area contributed by atoms with Crippen LogP contribution in [0.25, 0.3) is 12.2 Å². The predicted octanol–water partition coefficient (Wildman–Crippen LogP) is 2.81. The summed E-state index contributed by atoms with van der Waals surface area (Å²) >= 11 is 0.705. The first kappa shape index (κ1) is 38.8. The van der Waals surface area contributed by atoms with Crippen LogP contribution in [-0.2, 0) is 52.2 Å². The Labute approximate surface area is 330 Å². The molecule has 0 saturated carbocycles. The largest absolute Gasteiger partial charge is 0.378 e. The minimum absolute atomic E-state index is 0. The number of aryl methyl sites for hydroxylation is 1. The maximum absolute atomic E-state index is 12.5. The number of hydrogen-bond donors (Lipinski definition) is 4. The summed E-state index contributed by atoms with van der Waals surface area (Å²) in [6.07, 6.45) is 5.64. The second kappa shape index (κ2) is 18.4. The second-order valence-corrected chi connectivity index (χ2v) is 12.7. The van der Waals surface area contributed by atoms with Gasteiger partial charge < -0.3 is 25.6 Å². The molecule has 0 amide bonds. The summed E-state index contributed by atoms with van der Waals surface area (Å²) in [5.74, 6) is 0.932. The van der Waals surface area contributed by atoms with E-state index >= 15 is 0 Å². The summed E-state index contributed by atoms with van der Waals surface area (Å²) in [7, 11) is -1.10. The van der Waals surface area contributed by atoms with Gasteiger partial charge in [-0.25, -0.2) is 15.2 Å². The minimum Gasteiger partial charge on any atom is -0.378 e. The maximum Gasteiger partial charge on any atom is 0.295 e. The van der Waals surface area contributed by atoms with Gasteiger partial charge in [-0.2, -0.15) is 13.4 Å². The Morgan fingerprint density at radius 1 is 0.750 bits per heavy atom. The molecule has 0 aliphatic rings. The van der Waals surface area contributed by atoms with Crippen LogP contribution in [0.4, 0.5) is 23.3 Å². The molecule has 0 aliphatic carbocycles. The van der Waals surface area contributed by atoms with Gasteiger partial charge in [-0.15, -0.1) is 4.33 Å². The van der Waals surface area contributed by atoms with Crippen molar-refractivity contribution in [1.29, 1.82) is 0 Å². The van der Waals surface area contributed by atoms with Gasteiger partial charge in [0.1, 0.15) is 16.7 Å². The normalized spacial score (nSPS) is 11.1. The summed E-state index contributed by atoms with van der Waals surface area (Å²) in [5.41, 5.74) is 4.22. The Morgan fingerprint density at radius 3 is 2.02 bits per heavy atom. The van der Waals surface area contributed by atoms with Crippen LogP contribution in [0.5, 0.6) is 0 Å². The predicted molar refractivity (Wildman–Crippen MR) is 195 cm³/mol. The molecule has 6 rings (SSSR count). The number of aromatic nitrogens is 6. The molecule has 0 fully saturated rings. The Bertz CT molecular complexity index is 2280. The Hall–Kier alpha value is -4.39. The van der Waals surface area contributed by atoms with Crippen LogP contribution < -0.4 is 33.0 Å².